The van der Waals surface area contributed by atoms with Crippen molar-refractivity contribution >= 4 is 16.9 Å². The first kappa shape index (κ1) is 7.79. The smallest absolute Gasteiger partial charge is 0.336 e. The largest absolute Gasteiger partial charge is 0.478 e. The number of hydrogen-bond donors (Lipinski definition) is 1. The van der Waals surface area contributed by atoms with Gasteiger partial charge in [-0.3, -0.25) is 0 Å². The van der Waals surface area contributed by atoms with E-state index >= 15 is 0 Å². The summed E-state index contributed by atoms with van der Waals surface area (Å²) >= 11 is 0. The van der Waals surface area contributed by atoms with Gasteiger partial charge in [0.05, 0.1) is 11.8 Å². The van der Waals surface area contributed by atoms with Crippen molar-refractivity contribution in [3.8, 4) is 0 Å². The van der Waals surface area contributed by atoms with E-state index in [0.29, 0.717) is 11.1 Å². The Morgan fingerprint density at radius 1 is 1.54 bits per heavy atom. The Kier molecular flexibility index (Phi) is 1.55. The molecule has 2 aromatic rings. The molecule has 0 amide bonds. The maximum Gasteiger partial charge on any atom is 0.336 e. The fraction of sp³-hybridized carbons (Fsp3) is 0.111. The molecule has 0 aliphatic heterocycles. The number of aromatic nitrogens is 1. The van der Waals surface area contributed by atoms with E-state index in [1.165, 1.54) is 6.07 Å². The third-order valence-electron chi connectivity index (χ3n) is 1.93. The lowest BCUT2D eigenvalue weighted by atomic mass is 10.1. The van der Waals surface area contributed by atoms with Crippen LogP contribution in [0.25, 0.3) is 11.0 Å². The average molecular weight is 177 g/mol. The summed E-state index contributed by atoms with van der Waals surface area (Å²) in [5.74, 6) is -0.948. The van der Waals surface area contributed by atoms with Gasteiger partial charge in [0.2, 0.25) is 0 Å². The van der Waals surface area contributed by atoms with Crippen molar-refractivity contribution in [2.45, 2.75) is 6.92 Å². The standard InChI is InChI=1S/C9H7NO3/c1-5-2-6-4-10-13-8(6)3-7(5)9(11)12/h2-4H,1H3,(H,11,12). The van der Waals surface area contributed by atoms with Crippen LogP contribution in [-0.4, -0.2) is 16.2 Å². The van der Waals surface area contributed by atoms with Gasteiger partial charge in [-0.15, -0.1) is 0 Å². The Bertz CT molecular complexity index is 473. The Morgan fingerprint density at radius 3 is 3.00 bits per heavy atom. The topological polar surface area (TPSA) is 63.3 Å². The second-order valence-electron chi connectivity index (χ2n) is 2.84. The zero-order valence-electron chi connectivity index (χ0n) is 6.94. The average Bonchev–Trinajstić information content (AvgIpc) is 2.48. The van der Waals surface area contributed by atoms with Crippen LogP contribution in [0.1, 0.15) is 15.9 Å². The van der Waals surface area contributed by atoms with Gasteiger partial charge in [-0.1, -0.05) is 5.16 Å². The molecule has 0 aliphatic rings. The molecule has 1 aromatic heterocycles. The molecule has 2 rings (SSSR count). The van der Waals surface area contributed by atoms with Gasteiger partial charge in [0.15, 0.2) is 5.58 Å². The van der Waals surface area contributed by atoms with Gasteiger partial charge in [0, 0.05) is 5.39 Å². The van der Waals surface area contributed by atoms with Crippen molar-refractivity contribution in [3.63, 3.8) is 0 Å². The van der Waals surface area contributed by atoms with E-state index in [0.717, 1.165) is 5.39 Å². The highest BCUT2D eigenvalue weighted by atomic mass is 16.5. The van der Waals surface area contributed by atoms with Gasteiger partial charge in [-0.05, 0) is 24.6 Å². The number of hydrogen-bond acceptors (Lipinski definition) is 3. The molecule has 0 aliphatic carbocycles. The molecule has 0 fully saturated rings. The number of nitrogens with zero attached hydrogens (tertiary/aromatic N) is 1. The highest BCUT2D eigenvalue weighted by Gasteiger charge is 2.09. The van der Waals surface area contributed by atoms with Gasteiger partial charge < -0.3 is 9.63 Å². The first-order valence-electron chi connectivity index (χ1n) is 3.77. The van der Waals surface area contributed by atoms with Gasteiger partial charge in [-0.2, -0.15) is 0 Å². The zero-order chi connectivity index (χ0) is 9.42. The molecule has 0 unspecified atom stereocenters. The molecule has 66 valence electrons. The Balaban J connectivity index is 2.76. The molecule has 0 spiro atoms. The van der Waals surface area contributed by atoms with Crippen LogP contribution in [0, 0.1) is 6.92 Å². The van der Waals surface area contributed by atoms with Crippen molar-refractivity contribution in [2.75, 3.05) is 0 Å². The Labute approximate surface area is 73.8 Å². The first-order valence-corrected chi connectivity index (χ1v) is 3.77. The normalized spacial score (nSPS) is 10.5. The lowest BCUT2D eigenvalue weighted by Gasteiger charge is -1.98. The maximum atomic E-state index is 10.7. The fourth-order valence-corrected chi connectivity index (χ4v) is 1.26. The molecular weight excluding hydrogens is 170 g/mol. The van der Waals surface area contributed by atoms with E-state index in [1.807, 2.05) is 0 Å². The number of carboxylic acids is 1. The Hall–Kier alpha value is -1.84. The second-order valence-corrected chi connectivity index (χ2v) is 2.84. The SMILES string of the molecule is Cc1cc2cnoc2cc1C(=O)O. The molecule has 1 N–H and O–H groups in total. The number of rotatable bonds is 1. The van der Waals surface area contributed by atoms with E-state index < -0.39 is 5.97 Å². The minimum atomic E-state index is -0.948. The molecule has 4 nitrogen and oxygen atoms in total. The van der Waals surface area contributed by atoms with Gasteiger partial charge in [0.25, 0.3) is 0 Å². The van der Waals surface area contributed by atoms with Gasteiger partial charge in [-0.25, -0.2) is 4.79 Å². The minimum Gasteiger partial charge on any atom is -0.478 e. The number of aromatic carboxylic acids is 1. The molecule has 4 heteroatoms. The highest BCUT2D eigenvalue weighted by molar-refractivity contribution is 5.94. The summed E-state index contributed by atoms with van der Waals surface area (Å²) < 4.78 is 4.85. The molecule has 0 radical (unpaired) electrons. The fourth-order valence-electron chi connectivity index (χ4n) is 1.26. The second kappa shape index (κ2) is 2.58. The van der Waals surface area contributed by atoms with Crippen LogP contribution >= 0.6 is 0 Å². The van der Waals surface area contributed by atoms with Crippen LogP contribution in [-0.2, 0) is 0 Å². The van der Waals surface area contributed by atoms with Crippen molar-refractivity contribution in [2.24, 2.45) is 0 Å². The third kappa shape index (κ3) is 1.16. The van der Waals surface area contributed by atoms with Crippen LogP contribution in [0.3, 0.4) is 0 Å². The zero-order valence-corrected chi connectivity index (χ0v) is 6.94. The highest BCUT2D eigenvalue weighted by Crippen LogP contribution is 2.19. The van der Waals surface area contributed by atoms with Crippen LogP contribution < -0.4 is 0 Å². The van der Waals surface area contributed by atoms with Crippen molar-refractivity contribution in [1.82, 2.24) is 5.16 Å². The molecule has 1 aromatic carbocycles. The summed E-state index contributed by atoms with van der Waals surface area (Å²) in [4.78, 5) is 10.7. The summed E-state index contributed by atoms with van der Waals surface area (Å²) in [7, 11) is 0. The minimum absolute atomic E-state index is 0.254. The van der Waals surface area contributed by atoms with Crippen LogP contribution in [0.4, 0.5) is 0 Å². The first-order chi connectivity index (χ1) is 6.18. The van der Waals surface area contributed by atoms with Crippen LogP contribution in [0.15, 0.2) is 22.9 Å². The quantitative estimate of drug-likeness (QED) is 0.721. The number of carbonyl (C=O) groups is 1. The summed E-state index contributed by atoms with van der Waals surface area (Å²) in [5.41, 5.74) is 1.47. The molecule has 0 atom stereocenters. The van der Waals surface area contributed by atoms with Crippen molar-refractivity contribution < 1.29 is 14.4 Å². The third-order valence-corrected chi connectivity index (χ3v) is 1.93. The molecule has 0 bridgehead atoms. The maximum absolute atomic E-state index is 10.7. The molecule has 0 saturated carbocycles. The van der Waals surface area contributed by atoms with E-state index in [4.69, 9.17) is 9.63 Å². The van der Waals surface area contributed by atoms with Crippen LogP contribution in [0.5, 0.6) is 0 Å². The van der Waals surface area contributed by atoms with E-state index in [2.05, 4.69) is 5.16 Å². The lowest BCUT2D eigenvalue weighted by molar-refractivity contribution is 0.0696. The lowest BCUT2D eigenvalue weighted by Crippen LogP contribution is -1.98. The van der Waals surface area contributed by atoms with E-state index in [-0.39, 0.29) is 5.56 Å². The van der Waals surface area contributed by atoms with Crippen molar-refractivity contribution in [3.05, 3.63) is 29.5 Å². The van der Waals surface area contributed by atoms with E-state index in [9.17, 15) is 4.79 Å². The summed E-state index contributed by atoms with van der Waals surface area (Å²) in [5, 5.41) is 13.2. The Morgan fingerprint density at radius 2 is 2.31 bits per heavy atom. The molecule has 0 saturated heterocycles. The summed E-state index contributed by atoms with van der Waals surface area (Å²) in [6.45, 7) is 1.75. The molecule has 13 heavy (non-hydrogen) atoms. The van der Waals surface area contributed by atoms with Gasteiger partial charge >= 0.3 is 5.97 Å². The number of fused-ring (bicyclic) bond motifs is 1. The summed E-state index contributed by atoms with van der Waals surface area (Å²) in [6, 6.07) is 3.23. The monoisotopic (exact) mass is 177 g/mol. The van der Waals surface area contributed by atoms with Crippen LogP contribution in [0.2, 0.25) is 0 Å². The predicted molar refractivity (Wildman–Crippen MR) is 45.7 cm³/mol. The predicted octanol–water partition coefficient (Wildman–Crippen LogP) is 1.83. The number of aryl methyl sites for hydroxylation is 1. The summed E-state index contributed by atoms with van der Waals surface area (Å²) in [6.07, 6.45) is 1.56. The molecular formula is C9H7NO3. The van der Waals surface area contributed by atoms with Gasteiger partial charge in [0.1, 0.15) is 0 Å². The number of benzene rings is 1. The van der Waals surface area contributed by atoms with Crippen molar-refractivity contribution in [1.29, 1.82) is 0 Å². The number of carboxylic acid groups (broad SMARTS) is 1. The molecule has 1 heterocycles. The van der Waals surface area contributed by atoms with E-state index in [1.54, 1.807) is 19.2 Å².